The number of nitrogens with zero attached hydrogens (tertiary/aromatic N) is 4. The predicted octanol–water partition coefficient (Wildman–Crippen LogP) is 4.35. The second-order valence-electron chi connectivity index (χ2n) is 10.7. The van der Waals surface area contributed by atoms with Crippen LogP contribution in [0.2, 0.25) is 0 Å². The van der Waals surface area contributed by atoms with E-state index in [1.807, 2.05) is 24.1 Å². The smallest absolute Gasteiger partial charge is 0.287 e. The number of thiophene rings is 1. The summed E-state index contributed by atoms with van der Waals surface area (Å²) in [6.45, 7) is 1.43. The first kappa shape index (κ1) is 27.7. The standard InChI is InChI=1S/C30H30FN7O3S/c1-37-11-12-38(2)30(41)27(37)19-8-10-26(32-16-19)33-23-15-21(35-36-28(23)39)17-7-9-20(31)22(13-17)34-29(40)25-14-18-5-3-4-6-24(18)42-25/h7-10,13-16,27H,3-6,11-12H2,1-2H3,(H,34,40)(H,36,39)(H,32,33,35). The molecule has 1 aliphatic heterocycles. The minimum absolute atomic E-state index is 0.00541. The Hall–Kier alpha value is -4.42. The lowest BCUT2D eigenvalue weighted by Gasteiger charge is -2.36. The van der Waals surface area contributed by atoms with Crippen LogP contribution in [0, 0.1) is 5.82 Å². The van der Waals surface area contributed by atoms with Gasteiger partial charge in [0.25, 0.3) is 11.5 Å². The number of likely N-dealkylation sites (N-methyl/N-ethyl adjacent to an activating group) is 2. The minimum Gasteiger partial charge on any atom is -0.343 e. The summed E-state index contributed by atoms with van der Waals surface area (Å²) < 4.78 is 14.7. The number of benzene rings is 1. The maximum absolute atomic E-state index is 14.7. The Morgan fingerprint density at radius 3 is 2.67 bits per heavy atom. The summed E-state index contributed by atoms with van der Waals surface area (Å²) >= 11 is 1.46. The molecule has 1 unspecified atom stereocenters. The quantitative estimate of drug-likeness (QED) is 0.307. The maximum Gasteiger partial charge on any atom is 0.287 e. The summed E-state index contributed by atoms with van der Waals surface area (Å²) in [6, 6.07) is 10.8. The van der Waals surface area contributed by atoms with E-state index in [0.29, 0.717) is 28.5 Å². The largest absolute Gasteiger partial charge is 0.343 e. The van der Waals surface area contributed by atoms with Crippen molar-refractivity contribution >= 4 is 40.3 Å². The maximum atomic E-state index is 14.7. The number of anilines is 3. The number of aryl methyl sites for hydroxylation is 2. The Kier molecular flexibility index (Phi) is 7.56. The molecule has 4 heterocycles. The Balaban J connectivity index is 1.20. The summed E-state index contributed by atoms with van der Waals surface area (Å²) in [6.07, 6.45) is 5.79. The van der Waals surface area contributed by atoms with E-state index in [0.717, 1.165) is 37.8 Å². The lowest BCUT2D eigenvalue weighted by atomic mass is 9.99. The van der Waals surface area contributed by atoms with Gasteiger partial charge >= 0.3 is 0 Å². The molecule has 42 heavy (non-hydrogen) atoms. The van der Waals surface area contributed by atoms with E-state index >= 15 is 0 Å². The summed E-state index contributed by atoms with van der Waals surface area (Å²) in [4.78, 5) is 48.1. The first-order valence-electron chi connectivity index (χ1n) is 13.8. The molecule has 4 aromatic rings. The average molecular weight is 588 g/mol. The van der Waals surface area contributed by atoms with E-state index in [-0.39, 0.29) is 23.2 Å². The zero-order valence-corrected chi connectivity index (χ0v) is 24.1. The van der Waals surface area contributed by atoms with Gasteiger partial charge in [-0.25, -0.2) is 14.5 Å². The summed E-state index contributed by atoms with van der Waals surface area (Å²) in [5.74, 6) is -0.518. The lowest BCUT2D eigenvalue weighted by molar-refractivity contribution is -0.139. The molecule has 0 radical (unpaired) electrons. The van der Waals surface area contributed by atoms with Crippen LogP contribution in [-0.2, 0) is 17.6 Å². The average Bonchev–Trinajstić information content (AvgIpc) is 3.43. The van der Waals surface area contributed by atoms with E-state index in [1.54, 1.807) is 24.2 Å². The Morgan fingerprint density at radius 2 is 1.88 bits per heavy atom. The number of hydrogen-bond donors (Lipinski definition) is 3. The van der Waals surface area contributed by atoms with Crippen molar-refractivity contribution in [2.24, 2.45) is 0 Å². The molecule has 10 nitrogen and oxygen atoms in total. The second kappa shape index (κ2) is 11.5. The number of nitrogens with one attached hydrogen (secondary N) is 3. The second-order valence-corrected chi connectivity index (χ2v) is 11.8. The van der Waals surface area contributed by atoms with Crippen LogP contribution in [0.3, 0.4) is 0 Å². The van der Waals surface area contributed by atoms with E-state index < -0.39 is 17.4 Å². The number of aromatic amines is 1. The number of amides is 2. The van der Waals surface area contributed by atoms with Crippen molar-refractivity contribution in [1.82, 2.24) is 25.0 Å². The molecular weight excluding hydrogens is 557 g/mol. The number of fused-ring (bicyclic) bond motifs is 1. The van der Waals surface area contributed by atoms with Gasteiger partial charge in [0.2, 0.25) is 5.91 Å². The zero-order chi connectivity index (χ0) is 29.4. The summed E-state index contributed by atoms with van der Waals surface area (Å²) in [5.41, 5.74) is 2.57. The van der Waals surface area contributed by atoms with Crippen LogP contribution in [0.4, 0.5) is 21.6 Å². The van der Waals surface area contributed by atoms with Crippen LogP contribution in [0.5, 0.6) is 0 Å². The molecule has 0 saturated carbocycles. The first-order valence-corrected chi connectivity index (χ1v) is 14.6. The molecule has 1 aliphatic carbocycles. The third-order valence-electron chi connectivity index (χ3n) is 7.74. The molecule has 12 heteroatoms. The molecule has 1 atom stereocenters. The van der Waals surface area contributed by atoms with Crippen molar-refractivity contribution in [3.05, 3.63) is 85.7 Å². The van der Waals surface area contributed by atoms with Gasteiger partial charge in [-0.1, -0.05) is 6.07 Å². The third-order valence-corrected chi connectivity index (χ3v) is 8.97. The number of halogens is 1. The monoisotopic (exact) mass is 587 g/mol. The van der Waals surface area contributed by atoms with Crippen LogP contribution in [-0.4, -0.2) is 64.0 Å². The number of carbonyl (C=O) groups excluding carboxylic acids is 2. The Labute approximate surface area is 245 Å². The van der Waals surface area contributed by atoms with E-state index in [9.17, 15) is 18.8 Å². The molecule has 0 spiro atoms. The van der Waals surface area contributed by atoms with Gasteiger partial charge in [-0.15, -0.1) is 11.3 Å². The van der Waals surface area contributed by atoms with Gasteiger partial charge in [-0.2, -0.15) is 5.10 Å². The molecule has 1 saturated heterocycles. The van der Waals surface area contributed by atoms with Crippen LogP contribution in [0.1, 0.15) is 44.6 Å². The van der Waals surface area contributed by atoms with Gasteiger partial charge in [0.05, 0.1) is 16.3 Å². The number of hydrogen-bond acceptors (Lipinski definition) is 8. The van der Waals surface area contributed by atoms with Gasteiger partial charge in [0.1, 0.15) is 23.4 Å². The van der Waals surface area contributed by atoms with Crippen LogP contribution in [0.15, 0.2) is 53.5 Å². The number of carbonyl (C=O) groups is 2. The van der Waals surface area contributed by atoms with E-state index in [1.165, 1.54) is 46.0 Å². The molecule has 3 N–H and O–H groups in total. The highest BCUT2D eigenvalue weighted by atomic mass is 32.1. The highest BCUT2D eigenvalue weighted by Crippen LogP contribution is 2.31. The molecule has 6 rings (SSSR count). The fourth-order valence-electron chi connectivity index (χ4n) is 5.33. The minimum atomic E-state index is -0.575. The molecule has 3 aromatic heterocycles. The topological polar surface area (TPSA) is 123 Å². The van der Waals surface area contributed by atoms with Gasteiger partial charge in [-0.3, -0.25) is 19.3 Å². The van der Waals surface area contributed by atoms with Crippen molar-refractivity contribution in [3.8, 4) is 11.3 Å². The third kappa shape index (κ3) is 5.55. The van der Waals surface area contributed by atoms with Gasteiger partial charge < -0.3 is 15.5 Å². The SMILES string of the molecule is CN1CCN(C)C(c2ccc(Nc3cc(-c4ccc(F)c(NC(=O)c5cc6c(s5)CCCC6)c4)n[nH]c3=O)nc2)C1=O. The fraction of sp³-hybridized carbons (Fsp3) is 0.300. The molecular formula is C30H30FN7O3S. The highest BCUT2D eigenvalue weighted by molar-refractivity contribution is 7.14. The van der Waals surface area contributed by atoms with Crippen LogP contribution in [0.25, 0.3) is 11.3 Å². The number of piperazine rings is 1. The normalized spacial score (nSPS) is 17.2. The van der Waals surface area contributed by atoms with Gasteiger partial charge in [0.15, 0.2) is 0 Å². The fourth-order valence-corrected chi connectivity index (χ4v) is 6.48. The van der Waals surface area contributed by atoms with E-state index in [4.69, 9.17) is 0 Å². The van der Waals surface area contributed by atoms with Crippen molar-refractivity contribution in [2.45, 2.75) is 31.7 Å². The molecule has 2 amide bonds. The molecule has 0 bridgehead atoms. The Bertz CT molecular complexity index is 1700. The number of pyridine rings is 1. The summed E-state index contributed by atoms with van der Waals surface area (Å²) in [5, 5.41) is 12.3. The summed E-state index contributed by atoms with van der Waals surface area (Å²) in [7, 11) is 3.69. The lowest BCUT2D eigenvalue weighted by Crippen LogP contribution is -2.49. The predicted molar refractivity (Wildman–Crippen MR) is 160 cm³/mol. The van der Waals surface area contributed by atoms with Crippen molar-refractivity contribution < 1.29 is 14.0 Å². The van der Waals surface area contributed by atoms with Crippen LogP contribution < -0.4 is 16.2 Å². The highest BCUT2D eigenvalue weighted by Gasteiger charge is 2.32. The Morgan fingerprint density at radius 1 is 1.05 bits per heavy atom. The molecule has 1 aromatic carbocycles. The van der Waals surface area contributed by atoms with E-state index in [2.05, 4.69) is 25.8 Å². The molecule has 1 fully saturated rings. The molecule has 216 valence electrons. The van der Waals surface area contributed by atoms with Crippen LogP contribution >= 0.6 is 11.3 Å². The zero-order valence-electron chi connectivity index (χ0n) is 23.2. The number of rotatable bonds is 6. The van der Waals surface area contributed by atoms with Gasteiger partial charge in [0, 0.05) is 36.8 Å². The van der Waals surface area contributed by atoms with Crippen molar-refractivity contribution in [2.75, 3.05) is 37.8 Å². The number of aromatic nitrogens is 3. The van der Waals surface area contributed by atoms with Crippen molar-refractivity contribution in [1.29, 1.82) is 0 Å². The van der Waals surface area contributed by atoms with Gasteiger partial charge in [-0.05, 0) is 80.3 Å². The first-order chi connectivity index (χ1) is 20.3. The molecule has 2 aliphatic rings. The van der Waals surface area contributed by atoms with Crippen molar-refractivity contribution in [3.63, 3.8) is 0 Å². The number of H-pyrrole nitrogens is 1.